The Balaban J connectivity index is 1.31. The van der Waals surface area contributed by atoms with Crippen LogP contribution in [0.3, 0.4) is 0 Å². The van der Waals surface area contributed by atoms with Gasteiger partial charge in [-0.05, 0) is 57.0 Å². The molecule has 6 aromatic carbocycles. The molecule has 0 spiro atoms. The molecule has 216 valence electrons. The number of hydrogen-bond donors (Lipinski definition) is 0. The number of fused-ring (bicyclic) bond motifs is 4. The van der Waals surface area contributed by atoms with Crippen LogP contribution in [-0.2, 0) is 5.41 Å². The second kappa shape index (κ2) is 10.7. The highest BCUT2D eigenvalue weighted by Crippen LogP contribution is 2.56. The van der Waals surface area contributed by atoms with E-state index >= 15 is 0 Å². The van der Waals surface area contributed by atoms with E-state index in [1.54, 1.807) is 11.3 Å². The van der Waals surface area contributed by atoms with Gasteiger partial charge in [0.1, 0.15) is 0 Å². The van der Waals surface area contributed by atoms with Crippen molar-refractivity contribution in [3.8, 4) is 44.6 Å². The van der Waals surface area contributed by atoms with Gasteiger partial charge in [-0.15, -0.1) is 11.3 Å². The summed E-state index contributed by atoms with van der Waals surface area (Å²) < 4.78 is 1.21. The number of nitrogens with zero attached hydrogens (tertiary/aromatic N) is 3. The van der Waals surface area contributed by atoms with Crippen molar-refractivity contribution in [3.63, 3.8) is 0 Å². The van der Waals surface area contributed by atoms with Crippen molar-refractivity contribution in [1.82, 2.24) is 15.0 Å². The van der Waals surface area contributed by atoms with Gasteiger partial charge in [0.25, 0.3) is 0 Å². The number of aromatic nitrogens is 3. The highest BCUT2D eigenvalue weighted by atomic mass is 32.1. The first-order valence-corrected chi connectivity index (χ1v) is 16.3. The average molecular weight is 606 g/mol. The Morgan fingerprint density at radius 2 is 0.978 bits per heavy atom. The Kier molecular flexibility index (Phi) is 6.22. The monoisotopic (exact) mass is 605 g/mol. The SMILES string of the molecule is c1ccc(-c2nc(-c3ccc4c(c3)C(c3ccccc3)(c3ccccc3)c3ccccc3-4)nc(-c3cc4ccccc4s3)n2)cc1. The van der Waals surface area contributed by atoms with Crippen LogP contribution in [0, 0.1) is 0 Å². The van der Waals surface area contributed by atoms with Crippen LogP contribution in [0.4, 0.5) is 0 Å². The van der Waals surface area contributed by atoms with Crippen molar-refractivity contribution in [3.05, 3.63) is 186 Å². The van der Waals surface area contributed by atoms with E-state index in [0.29, 0.717) is 17.5 Å². The maximum absolute atomic E-state index is 5.15. The maximum Gasteiger partial charge on any atom is 0.174 e. The van der Waals surface area contributed by atoms with Gasteiger partial charge >= 0.3 is 0 Å². The van der Waals surface area contributed by atoms with Crippen molar-refractivity contribution >= 4 is 21.4 Å². The average Bonchev–Trinajstić information content (AvgIpc) is 3.70. The molecule has 2 aromatic heterocycles. The van der Waals surface area contributed by atoms with Crippen LogP contribution in [0.2, 0.25) is 0 Å². The molecule has 0 bridgehead atoms. The summed E-state index contributed by atoms with van der Waals surface area (Å²) in [6.45, 7) is 0. The van der Waals surface area contributed by atoms with Crippen molar-refractivity contribution in [2.75, 3.05) is 0 Å². The van der Waals surface area contributed by atoms with Crippen molar-refractivity contribution in [2.24, 2.45) is 0 Å². The second-order valence-electron chi connectivity index (χ2n) is 11.6. The van der Waals surface area contributed by atoms with E-state index < -0.39 is 5.41 Å². The van der Waals surface area contributed by atoms with Crippen LogP contribution in [0.5, 0.6) is 0 Å². The first kappa shape index (κ1) is 26.7. The van der Waals surface area contributed by atoms with Gasteiger partial charge in [0.15, 0.2) is 17.5 Å². The third-order valence-corrected chi connectivity index (χ3v) is 10.1. The van der Waals surface area contributed by atoms with Crippen molar-refractivity contribution in [2.45, 2.75) is 5.41 Å². The first-order valence-electron chi connectivity index (χ1n) is 15.5. The first-order chi connectivity index (χ1) is 22.8. The van der Waals surface area contributed by atoms with E-state index in [1.165, 1.54) is 43.5 Å². The standard InChI is InChI=1S/C42H27N3S/c1-4-14-28(15-5-1)39-43-40(45-41(44-39)38-27-29-16-10-13-23-37(29)46-38)30-24-25-34-33-21-11-12-22-35(33)42(36(34)26-30,31-17-6-2-7-18-31)32-19-8-3-9-20-32/h1-27H. The zero-order valence-electron chi connectivity index (χ0n) is 24.8. The molecule has 46 heavy (non-hydrogen) atoms. The Bertz CT molecular complexity index is 2290. The molecule has 0 radical (unpaired) electrons. The van der Waals surface area contributed by atoms with Gasteiger partial charge in [0.05, 0.1) is 10.3 Å². The van der Waals surface area contributed by atoms with Crippen LogP contribution in [-0.4, -0.2) is 15.0 Å². The Morgan fingerprint density at radius 3 is 1.70 bits per heavy atom. The number of hydrogen-bond acceptors (Lipinski definition) is 4. The Labute approximate surface area is 271 Å². The fraction of sp³-hybridized carbons (Fsp3) is 0.0238. The summed E-state index contributed by atoms with van der Waals surface area (Å²) in [6, 6.07) is 58.1. The molecular formula is C42H27N3S. The quantitative estimate of drug-likeness (QED) is 0.196. The molecule has 0 fully saturated rings. The van der Waals surface area contributed by atoms with Crippen LogP contribution in [0.15, 0.2) is 164 Å². The van der Waals surface area contributed by atoms with Crippen molar-refractivity contribution in [1.29, 1.82) is 0 Å². The summed E-state index contributed by atoms with van der Waals surface area (Å²) >= 11 is 1.71. The minimum absolute atomic E-state index is 0.492. The van der Waals surface area contributed by atoms with Gasteiger partial charge < -0.3 is 0 Å². The minimum atomic E-state index is -0.492. The molecule has 0 saturated carbocycles. The summed E-state index contributed by atoms with van der Waals surface area (Å²) in [5.41, 5.74) is 8.90. The predicted molar refractivity (Wildman–Crippen MR) is 189 cm³/mol. The minimum Gasteiger partial charge on any atom is -0.208 e. The van der Waals surface area contributed by atoms with Crippen LogP contribution in [0.25, 0.3) is 54.7 Å². The third-order valence-electron chi connectivity index (χ3n) is 9.03. The molecule has 9 rings (SSSR count). The third kappa shape index (κ3) is 4.15. The lowest BCUT2D eigenvalue weighted by atomic mass is 9.67. The smallest absolute Gasteiger partial charge is 0.174 e. The number of benzene rings is 6. The largest absolute Gasteiger partial charge is 0.208 e. The number of thiophene rings is 1. The molecule has 4 heteroatoms. The van der Waals surface area contributed by atoms with Gasteiger partial charge in [-0.25, -0.2) is 15.0 Å². The van der Waals surface area contributed by atoms with Crippen LogP contribution >= 0.6 is 11.3 Å². The molecule has 0 saturated heterocycles. The van der Waals surface area contributed by atoms with E-state index in [0.717, 1.165) is 16.0 Å². The molecular weight excluding hydrogens is 579 g/mol. The predicted octanol–water partition coefficient (Wildman–Crippen LogP) is 10.5. The van der Waals surface area contributed by atoms with E-state index in [1.807, 2.05) is 18.2 Å². The highest BCUT2D eigenvalue weighted by Gasteiger charge is 2.46. The van der Waals surface area contributed by atoms with Gasteiger partial charge in [0.2, 0.25) is 0 Å². The zero-order valence-corrected chi connectivity index (χ0v) is 25.7. The van der Waals surface area contributed by atoms with Crippen LogP contribution < -0.4 is 0 Å². The van der Waals surface area contributed by atoms with Gasteiger partial charge in [0, 0.05) is 15.8 Å². The van der Waals surface area contributed by atoms with Crippen LogP contribution in [0.1, 0.15) is 22.3 Å². The normalized spacial score (nSPS) is 13.0. The zero-order chi connectivity index (χ0) is 30.5. The lowest BCUT2D eigenvalue weighted by molar-refractivity contribution is 0.768. The topological polar surface area (TPSA) is 38.7 Å². The molecule has 0 amide bonds. The van der Waals surface area contributed by atoms with E-state index in [9.17, 15) is 0 Å². The molecule has 0 aliphatic heterocycles. The van der Waals surface area contributed by atoms with Gasteiger partial charge in [-0.2, -0.15) is 0 Å². The molecule has 0 atom stereocenters. The van der Waals surface area contributed by atoms with Gasteiger partial charge in [-0.3, -0.25) is 0 Å². The molecule has 0 N–H and O–H groups in total. The molecule has 2 heterocycles. The molecule has 1 aliphatic rings. The lowest BCUT2D eigenvalue weighted by Crippen LogP contribution is -2.28. The summed E-state index contributed by atoms with van der Waals surface area (Å²) in [5.74, 6) is 2.01. The molecule has 1 aliphatic carbocycles. The summed E-state index contributed by atoms with van der Waals surface area (Å²) in [6.07, 6.45) is 0. The van der Waals surface area contributed by atoms with Crippen molar-refractivity contribution < 1.29 is 0 Å². The summed E-state index contributed by atoms with van der Waals surface area (Å²) in [4.78, 5) is 16.3. The molecule has 0 unspecified atom stereocenters. The summed E-state index contributed by atoms with van der Waals surface area (Å²) in [7, 11) is 0. The Morgan fingerprint density at radius 1 is 0.413 bits per heavy atom. The molecule has 8 aromatic rings. The molecule has 3 nitrogen and oxygen atoms in total. The fourth-order valence-electron chi connectivity index (χ4n) is 7.01. The number of rotatable bonds is 5. The van der Waals surface area contributed by atoms with E-state index in [4.69, 9.17) is 15.0 Å². The fourth-order valence-corrected chi connectivity index (χ4v) is 8.00. The van der Waals surface area contributed by atoms with E-state index in [-0.39, 0.29) is 0 Å². The van der Waals surface area contributed by atoms with E-state index in [2.05, 4.69) is 146 Å². The van der Waals surface area contributed by atoms with Gasteiger partial charge in [-0.1, -0.05) is 146 Å². The maximum atomic E-state index is 5.15. The lowest BCUT2D eigenvalue weighted by Gasteiger charge is -2.34. The summed E-state index contributed by atoms with van der Waals surface area (Å²) in [5, 5.41) is 1.19. The Hall–Kier alpha value is -5.71. The second-order valence-corrected chi connectivity index (χ2v) is 12.7. The highest BCUT2D eigenvalue weighted by molar-refractivity contribution is 7.22.